The molecule has 2 saturated heterocycles. The molecule has 0 saturated carbocycles. The number of nitrogens with one attached hydrogen (secondary N) is 2. The van der Waals surface area contributed by atoms with Gasteiger partial charge in [-0.3, -0.25) is 39.0 Å². The largest absolute Gasteiger partial charge is 0.481 e. The van der Waals surface area contributed by atoms with Crippen molar-refractivity contribution in [3.63, 3.8) is 0 Å². The number of carbonyl (C=O) groups is 6. The zero-order valence-corrected chi connectivity index (χ0v) is 20.3. The van der Waals surface area contributed by atoms with E-state index in [1.165, 1.54) is 0 Å². The van der Waals surface area contributed by atoms with Crippen molar-refractivity contribution in [2.75, 3.05) is 18.0 Å². The Balaban J connectivity index is 1.42. The first kappa shape index (κ1) is 25.3. The molecule has 1 aromatic rings. The number of rotatable bonds is 7. The highest BCUT2D eigenvalue weighted by Crippen LogP contribution is 2.35. The monoisotopic (exact) mass is 498 g/mol. The van der Waals surface area contributed by atoms with Gasteiger partial charge in [0.1, 0.15) is 6.04 Å². The number of imide groups is 2. The van der Waals surface area contributed by atoms with Gasteiger partial charge in [-0.25, -0.2) is 0 Å². The van der Waals surface area contributed by atoms with E-state index in [1.807, 2.05) is 4.90 Å². The van der Waals surface area contributed by atoms with Crippen LogP contribution in [0.4, 0.5) is 5.69 Å². The molecule has 1 atom stereocenters. The number of hydrogen-bond acceptors (Lipinski definition) is 7. The summed E-state index contributed by atoms with van der Waals surface area (Å²) < 4.78 is 0. The molecule has 0 aromatic heterocycles. The zero-order chi connectivity index (χ0) is 26.2. The number of hydrogen-bond donors (Lipinski definition) is 3. The van der Waals surface area contributed by atoms with Crippen LogP contribution in [-0.4, -0.2) is 70.7 Å². The SMILES string of the molecule is CC(C)(CC(=O)O)CC(=O)NC1CCN(c2cccc3c2C(=O)N(C2CCC(=O)NC2=O)C3=O)CC1. The van der Waals surface area contributed by atoms with Crippen LogP contribution in [0.3, 0.4) is 0 Å². The van der Waals surface area contributed by atoms with Gasteiger partial charge in [-0.2, -0.15) is 0 Å². The smallest absolute Gasteiger partial charge is 0.303 e. The molecule has 2 fully saturated rings. The minimum Gasteiger partial charge on any atom is -0.481 e. The molecule has 4 rings (SSSR count). The van der Waals surface area contributed by atoms with Crippen molar-refractivity contribution in [3.05, 3.63) is 29.3 Å². The summed E-state index contributed by atoms with van der Waals surface area (Å²) in [5, 5.41) is 14.2. The van der Waals surface area contributed by atoms with Crippen LogP contribution in [0, 0.1) is 5.41 Å². The number of anilines is 1. The van der Waals surface area contributed by atoms with Crippen molar-refractivity contribution >= 4 is 41.2 Å². The lowest BCUT2D eigenvalue weighted by Gasteiger charge is -2.35. The lowest BCUT2D eigenvalue weighted by Crippen LogP contribution is -2.54. The number of fused-ring (bicyclic) bond motifs is 1. The molecule has 192 valence electrons. The van der Waals surface area contributed by atoms with Crippen LogP contribution in [0.25, 0.3) is 0 Å². The summed E-state index contributed by atoms with van der Waals surface area (Å²) in [7, 11) is 0. The molecule has 0 bridgehead atoms. The number of piperidine rings is 2. The molecule has 3 aliphatic heterocycles. The van der Waals surface area contributed by atoms with Gasteiger partial charge in [0.05, 0.1) is 23.2 Å². The van der Waals surface area contributed by atoms with E-state index < -0.39 is 41.1 Å². The number of carboxylic acid groups (broad SMARTS) is 1. The van der Waals surface area contributed by atoms with Crippen LogP contribution in [-0.2, 0) is 19.2 Å². The lowest BCUT2D eigenvalue weighted by atomic mass is 9.85. The van der Waals surface area contributed by atoms with Gasteiger partial charge in [0.25, 0.3) is 11.8 Å². The first-order chi connectivity index (χ1) is 17.0. The van der Waals surface area contributed by atoms with Gasteiger partial charge in [-0.15, -0.1) is 0 Å². The summed E-state index contributed by atoms with van der Waals surface area (Å²) in [6.07, 6.45) is 1.41. The molecule has 0 radical (unpaired) electrons. The topological polar surface area (TPSA) is 153 Å². The number of nitrogens with zero attached hydrogens (tertiary/aromatic N) is 2. The first-order valence-corrected chi connectivity index (χ1v) is 12.1. The van der Waals surface area contributed by atoms with E-state index in [0.29, 0.717) is 31.6 Å². The summed E-state index contributed by atoms with van der Waals surface area (Å²) in [6.45, 7) is 4.57. The van der Waals surface area contributed by atoms with Gasteiger partial charge in [0.15, 0.2) is 0 Å². The molecule has 0 spiro atoms. The van der Waals surface area contributed by atoms with Crippen LogP contribution in [0.2, 0.25) is 0 Å². The number of carboxylic acids is 1. The van der Waals surface area contributed by atoms with E-state index in [4.69, 9.17) is 5.11 Å². The highest BCUT2D eigenvalue weighted by molar-refractivity contribution is 6.25. The first-order valence-electron chi connectivity index (χ1n) is 12.1. The zero-order valence-electron chi connectivity index (χ0n) is 20.3. The minimum atomic E-state index is -1.02. The van der Waals surface area contributed by atoms with Crippen LogP contribution in [0.1, 0.15) is 73.1 Å². The second-order valence-electron chi connectivity index (χ2n) is 10.4. The maximum absolute atomic E-state index is 13.3. The highest BCUT2D eigenvalue weighted by Gasteiger charge is 2.46. The number of benzene rings is 1. The van der Waals surface area contributed by atoms with E-state index in [0.717, 1.165) is 4.90 Å². The molecule has 0 aliphatic carbocycles. The maximum Gasteiger partial charge on any atom is 0.303 e. The van der Waals surface area contributed by atoms with Gasteiger partial charge < -0.3 is 15.3 Å². The van der Waals surface area contributed by atoms with Crippen molar-refractivity contribution in [1.29, 1.82) is 0 Å². The second kappa shape index (κ2) is 9.71. The summed E-state index contributed by atoms with van der Waals surface area (Å²) in [4.78, 5) is 76.6. The molecule has 3 aliphatic rings. The number of carbonyl (C=O) groups excluding carboxylic acids is 5. The summed E-state index contributed by atoms with van der Waals surface area (Å²) in [5.41, 5.74) is 0.444. The fraction of sp³-hybridized carbons (Fsp3) is 0.520. The quantitative estimate of drug-likeness (QED) is 0.472. The average molecular weight is 499 g/mol. The van der Waals surface area contributed by atoms with Crippen LogP contribution in [0.15, 0.2) is 18.2 Å². The molecular weight excluding hydrogens is 468 g/mol. The Morgan fingerprint density at radius 3 is 2.39 bits per heavy atom. The molecular formula is C25H30N4O7. The van der Waals surface area contributed by atoms with E-state index in [2.05, 4.69) is 10.6 Å². The van der Waals surface area contributed by atoms with Crippen molar-refractivity contribution < 1.29 is 33.9 Å². The molecule has 1 aromatic carbocycles. The molecule has 36 heavy (non-hydrogen) atoms. The molecule has 5 amide bonds. The minimum absolute atomic E-state index is 0.0589. The molecule has 1 unspecified atom stereocenters. The van der Waals surface area contributed by atoms with Gasteiger partial charge in [-0.05, 0) is 36.8 Å². The Morgan fingerprint density at radius 2 is 1.75 bits per heavy atom. The highest BCUT2D eigenvalue weighted by atomic mass is 16.4. The Labute approximate surface area is 208 Å². The van der Waals surface area contributed by atoms with Gasteiger partial charge in [0, 0.05) is 32.0 Å². The molecule has 3 heterocycles. The maximum atomic E-state index is 13.3. The summed E-state index contributed by atoms with van der Waals surface area (Å²) >= 11 is 0. The Bertz CT molecular complexity index is 1140. The third-order valence-electron chi connectivity index (χ3n) is 6.92. The van der Waals surface area contributed by atoms with Crippen molar-refractivity contribution in [2.45, 2.75) is 64.5 Å². The van der Waals surface area contributed by atoms with E-state index >= 15 is 0 Å². The fourth-order valence-corrected chi connectivity index (χ4v) is 5.21. The average Bonchev–Trinajstić information content (AvgIpc) is 3.03. The summed E-state index contributed by atoms with van der Waals surface area (Å²) in [5.74, 6) is -3.30. The van der Waals surface area contributed by atoms with E-state index in [9.17, 15) is 28.8 Å². The number of amides is 5. The van der Waals surface area contributed by atoms with E-state index in [-0.39, 0.29) is 48.8 Å². The Kier molecular flexibility index (Phi) is 6.83. The Hall–Kier alpha value is -3.76. The van der Waals surface area contributed by atoms with Gasteiger partial charge in [-0.1, -0.05) is 19.9 Å². The van der Waals surface area contributed by atoms with E-state index in [1.54, 1.807) is 32.0 Å². The molecule has 11 nitrogen and oxygen atoms in total. The predicted octanol–water partition coefficient (Wildman–Crippen LogP) is 1.06. The van der Waals surface area contributed by atoms with Crippen molar-refractivity contribution in [3.8, 4) is 0 Å². The number of aliphatic carboxylic acids is 1. The molecule has 11 heteroatoms. The predicted molar refractivity (Wildman–Crippen MR) is 127 cm³/mol. The van der Waals surface area contributed by atoms with Gasteiger partial charge >= 0.3 is 5.97 Å². The van der Waals surface area contributed by atoms with Gasteiger partial charge in [0.2, 0.25) is 17.7 Å². The summed E-state index contributed by atoms with van der Waals surface area (Å²) in [6, 6.07) is 3.94. The molecule has 3 N–H and O–H groups in total. The fourth-order valence-electron chi connectivity index (χ4n) is 5.21. The van der Waals surface area contributed by atoms with Crippen molar-refractivity contribution in [2.24, 2.45) is 5.41 Å². The lowest BCUT2D eigenvalue weighted by molar-refractivity contribution is -0.140. The Morgan fingerprint density at radius 1 is 1.06 bits per heavy atom. The van der Waals surface area contributed by atoms with Crippen LogP contribution >= 0.6 is 0 Å². The third-order valence-corrected chi connectivity index (χ3v) is 6.92. The van der Waals surface area contributed by atoms with Crippen LogP contribution < -0.4 is 15.5 Å². The van der Waals surface area contributed by atoms with Crippen LogP contribution in [0.5, 0.6) is 0 Å². The third kappa shape index (κ3) is 5.09. The van der Waals surface area contributed by atoms with Crippen molar-refractivity contribution in [1.82, 2.24) is 15.5 Å². The normalized spacial score (nSPS) is 20.9. The second-order valence-corrected chi connectivity index (χ2v) is 10.4. The standard InChI is InChI=1S/C25H30N4O7/c1-25(2,13-20(32)33)12-19(31)26-14-8-10-28(11-9-14)16-5-3-4-15-21(16)24(36)29(23(15)35)17-6-7-18(30)27-22(17)34/h3-5,14,17H,6-13H2,1-2H3,(H,26,31)(H,32,33)(H,27,30,34).